The summed E-state index contributed by atoms with van der Waals surface area (Å²) in [6.45, 7) is 4.47. The highest BCUT2D eigenvalue weighted by atomic mass is 32.2. The van der Waals surface area contributed by atoms with E-state index in [1.54, 1.807) is 32.0 Å². The average Bonchev–Trinajstić information content (AvgIpc) is 3.06. The zero-order chi connectivity index (χ0) is 21.4. The average molecular weight is 430 g/mol. The zero-order valence-corrected chi connectivity index (χ0v) is 17.1. The zero-order valence-electron chi connectivity index (χ0n) is 16.3. The molecule has 2 fully saturated rings. The van der Waals surface area contributed by atoms with Crippen LogP contribution in [0.15, 0.2) is 30.3 Å². The van der Waals surface area contributed by atoms with E-state index in [4.69, 9.17) is 27.9 Å². The van der Waals surface area contributed by atoms with Crippen LogP contribution in [0.25, 0.3) is 0 Å². The van der Waals surface area contributed by atoms with E-state index in [0.29, 0.717) is 0 Å². The number of carbonyl (C=O) groups excluding carboxylic acids is 2. The summed E-state index contributed by atoms with van der Waals surface area (Å²) in [5.74, 6) is -2.51. The molecule has 3 rings (SSSR count). The predicted molar refractivity (Wildman–Crippen MR) is 95.8 cm³/mol. The molecule has 0 aromatic heterocycles. The van der Waals surface area contributed by atoms with Gasteiger partial charge in [-0.1, -0.05) is 18.2 Å². The van der Waals surface area contributed by atoms with Gasteiger partial charge in [-0.3, -0.25) is 4.79 Å². The maximum Gasteiger partial charge on any atom is 0.340 e. The van der Waals surface area contributed by atoms with E-state index in [1.807, 2.05) is 0 Å². The molecular formula is C18H22O10S. The molecule has 29 heavy (non-hydrogen) atoms. The van der Waals surface area contributed by atoms with Crippen molar-refractivity contribution in [2.24, 2.45) is 0 Å². The first-order chi connectivity index (χ1) is 13.5. The SMILES string of the molecule is CC(=O)OC1C(C(OC(=O)c2ccccc2)OS(C)(=O)=O)OC2OC(C)(C)OC21. The largest absolute Gasteiger partial charge is 0.457 e. The second kappa shape index (κ2) is 8.00. The molecule has 0 aliphatic carbocycles. The third-order valence-corrected chi connectivity index (χ3v) is 4.64. The molecule has 0 amide bonds. The van der Waals surface area contributed by atoms with Crippen molar-refractivity contribution in [1.29, 1.82) is 0 Å². The number of hydrogen-bond donors (Lipinski definition) is 0. The monoisotopic (exact) mass is 430 g/mol. The van der Waals surface area contributed by atoms with E-state index in [2.05, 4.69) is 0 Å². The topological polar surface area (TPSA) is 124 Å². The van der Waals surface area contributed by atoms with Gasteiger partial charge in [-0.05, 0) is 26.0 Å². The van der Waals surface area contributed by atoms with Crippen LogP contribution in [0.2, 0.25) is 0 Å². The van der Waals surface area contributed by atoms with Crippen LogP contribution < -0.4 is 0 Å². The van der Waals surface area contributed by atoms with Crippen molar-refractivity contribution < 1.29 is 45.9 Å². The first-order valence-corrected chi connectivity index (χ1v) is 10.6. The predicted octanol–water partition coefficient (Wildman–Crippen LogP) is 0.954. The van der Waals surface area contributed by atoms with E-state index >= 15 is 0 Å². The van der Waals surface area contributed by atoms with Gasteiger partial charge in [0.25, 0.3) is 10.1 Å². The van der Waals surface area contributed by atoms with Crippen molar-refractivity contribution in [1.82, 2.24) is 0 Å². The molecular weight excluding hydrogens is 408 g/mol. The van der Waals surface area contributed by atoms with Crippen molar-refractivity contribution >= 4 is 22.1 Å². The molecule has 10 nitrogen and oxygen atoms in total. The lowest BCUT2D eigenvalue weighted by Gasteiger charge is -2.29. The standard InChI is InChI=1S/C18H22O10S/c1-10(19)23-12-13(24-16-14(12)26-18(2,3)27-16)17(28-29(4,21)22)25-15(20)11-8-6-5-7-9-11/h5-9,12-14,16-17H,1-4H3. The van der Waals surface area contributed by atoms with E-state index < -0.39 is 58.7 Å². The first kappa shape index (κ1) is 21.7. The van der Waals surface area contributed by atoms with Gasteiger partial charge in [0.05, 0.1) is 11.8 Å². The van der Waals surface area contributed by atoms with Gasteiger partial charge in [0.1, 0.15) is 0 Å². The van der Waals surface area contributed by atoms with Crippen molar-refractivity contribution in [3.05, 3.63) is 35.9 Å². The summed E-state index contributed by atoms with van der Waals surface area (Å²) in [6.07, 6.45) is -5.20. The third kappa shape index (κ3) is 5.31. The van der Waals surface area contributed by atoms with Crippen molar-refractivity contribution in [2.45, 2.75) is 57.5 Å². The first-order valence-electron chi connectivity index (χ1n) is 8.78. The summed E-state index contributed by atoms with van der Waals surface area (Å²) >= 11 is 0. The fourth-order valence-corrected chi connectivity index (χ4v) is 3.60. The summed E-state index contributed by atoms with van der Waals surface area (Å²) in [7, 11) is -4.07. The molecule has 5 unspecified atom stereocenters. The highest BCUT2D eigenvalue weighted by Crippen LogP contribution is 2.40. The van der Waals surface area contributed by atoms with Gasteiger partial charge < -0.3 is 23.7 Å². The van der Waals surface area contributed by atoms with Crippen LogP contribution in [0.3, 0.4) is 0 Å². The molecule has 0 radical (unpaired) electrons. The number of benzene rings is 1. The number of esters is 2. The van der Waals surface area contributed by atoms with Gasteiger partial charge in [0.15, 0.2) is 30.4 Å². The van der Waals surface area contributed by atoms with Gasteiger partial charge >= 0.3 is 11.9 Å². The fourth-order valence-electron chi connectivity index (χ4n) is 3.11. The number of rotatable bonds is 6. The quantitative estimate of drug-likeness (QED) is 0.366. The smallest absolute Gasteiger partial charge is 0.340 e. The lowest BCUT2D eigenvalue weighted by atomic mass is 10.1. The molecule has 0 N–H and O–H groups in total. The second-order valence-corrected chi connectivity index (χ2v) is 8.68. The van der Waals surface area contributed by atoms with Crippen LogP contribution >= 0.6 is 0 Å². The normalized spacial score (nSPS) is 29.1. The molecule has 2 heterocycles. The van der Waals surface area contributed by atoms with Crippen LogP contribution in [0.1, 0.15) is 31.1 Å². The molecule has 0 spiro atoms. The highest BCUT2D eigenvalue weighted by molar-refractivity contribution is 7.86. The minimum absolute atomic E-state index is 0.172. The Kier molecular flexibility index (Phi) is 5.97. The van der Waals surface area contributed by atoms with Crippen molar-refractivity contribution in [3.8, 4) is 0 Å². The summed E-state index contributed by atoms with van der Waals surface area (Å²) < 4.78 is 56.0. The Morgan fingerprint density at radius 1 is 1.14 bits per heavy atom. The molecule has 0 saturated carbocycles. The Labute approximate surface area is 168 Å². The van der Waals surface area contributed by atoms with Gasteiger partial charge in [0, 0.05) is 6.92 Å². The van der Waals surface area contributed by atoms with Crippen molar-refractivity contribution in [3.63, 3.8) is 0 Å². The number of carbonyl (C=O) groups is 2. The van der Waals surface area contributed by atoms with Crippen LogP contribution in [-0.4, -0.2) is 63.3 Å². The summed E-state index contributed by atoms with van der Waals surface area (Å²) in [5.41, 5.74) is 0.172. The maximum atomic E-state index is 12.5. The Morgan fingerprint density at radius 3 is 2.38 bits per heavy atom. The highest BCUT2D eigenvalue weighted by Gasteiger charge is 2.59. The lowest BCUT2D eigenvalue weighted by molar-refractivity contribution is -0.244. The molecule has 2 aliphatic rings. The molecule has 2 aliphatic heterocycles. The Morgan fingerprint density at radius 2 is 1.79 bits per heavy atom. The minimum atomic E-state index is -4.07. The second-order valence-electron chi connectivity index (χ2n) is 7.08. The third-order valence-electron chi connectivity index (χ3n) is 4.10. The van der Waals surface area contributed by atoms with E-state index in [0.717, 1.165) is 6.26 Å². The summed E-state index contributed by atoms with van der Waals surface area (Å²) in [5, 5.41) is 0. The molecule has 0 bridgehead atoms. The fraction of sp³-hybridized carbons (Fsp3) is 0.556. The van der Waals surface area contributed by atoms with E-state index in [9.17, 15) is 18.0 Å². The van der Waals surface area contributed by atoms with Gasteiger partial charge in [0.2, 0.25) is 6.29 Å². The maximum absolute atomic E-state index is 12.5. The molecule has 5 atom stereocenters. The summed E-state index contributed by atoms with van der Waals surface area (Å²) in [4.78, 5) is 24.1. The van der Waals surface area contributed by atoms with Crippen LogP contribution in [0.4, 0.5) is 0 Å². The lowest BCUT2D eigenvalue weighted by Crippen LogP contribution is -2.46. The summed E-state index contributed by atoms with van der Waals surface area (Å²) in [6, 6.07) is 7.91. The molecule has 1 aromatic rings. The van der Waals surface area contributed by atoms with E-state index in [1.165, 1.54) is 19.1 Å². The van der Waals surface area contributed by atoms with E-state index in [-0.39, 0.29) is 5.56 Å². The molecule has 1 aromatic carbocycles. The number of fused-ring (bicyclic) bond motifs is 1. The Balaban J connectivity index is 1.87. The van der Waals surface area contributed by atoms with Crippen LogP contribution in [0.5, 0.6) is 0 Å². The van der Waals surface area contributed by atoms with Crippen LogP contribution in [-0.2, 0) is 42.8 Å². The van der Waals surface area contributed by atoms with Crippen molar-refractivity contribution in [2.75, 3.05) is 6.26 Å². The molecule has 11 heteroatoms. The Hall–Kier alpha value is -2.05. The molecule has 2 saturated heterocycles. The molecule has 160 valence electrons. The Bertz CT molecular complexity index is 866. The van der Waals surface area contributed by atoms with Gasteiger partial charge in [-0.15, -0.1) is 0 Å². The number of ether oxygens (including phenoxy) is 5. The number of hydrogen-bond acceptors (Lipinski definition) is 10. The van der Waals surface area contributed by atoms with Crippen LogP contribution in [0, 0.1) is 0 Å². The minimum Gasteiger partial charge on any atom is -0.457 e. The van der Waals surface area contributed by atoms with Gasteiger partial charge in [-0.25, -0.2) is 8.98 Å². The van der Waals surface area contributed by atoms with Gasteiger partial charge in [-0.2, -0.15) is 8.42 Å².